The van der Waals surface area contributed by atoms with Gasteiger partial charge in [-0.2, -0.15) is 0 Å². The van der Waals surface area contributed by atoms with Gasteiger partial charge in [-0.05, 0) is 30.2 Å². The summed E-state index contributed by atoms with van der Waals surface area (Å²) in [5.41, 5.74) is 2.09. The molecule has 0 saturated carbocycles. The molecule has 21 heavy (non-hydrogen) atoms. The molecular weight excluding hydrogens is 264 g/mol. The van der Waals surface area contributed by atoms with Gasteiger partial charge in [-0.25, -0.2) is 0 Å². The van der Waals surface area contributed by atoms with E-state index in [4.69, 9.17) is 9.47 Å². The standard InChI is InChI=1S/C18H20O3/c1-20-17-11-8-14(9-12-17)7-10-16(19)13-15-5-3-4-6-18(15)21-2/h3-6,8-9,11-12H,7,10,13H2,1-2H3. The summed E-state index contributed by atoms with van der Waals surface area (Å²) >= 11 is 0. The van der Waals surface area contributed by atoms with Crippen molar-refractivity contribution in [2.45, 2.75) is 19.3 Å². The normalized spacial score (nSPS) is 10.2. The summed E-state index contributed by atoms with van der Waals surface area (Å²) in [6, 6.07) is 15.5. The molecular formula is C18H20O3. The number of hydrogen-bond donors (Lipinski definition) is 0. The Morgan fingerprint density at radius 3 is 2.33 bits per heavy atom. The molecule has 0 aliphatic heterocycles. The predicted molar refractivity (Wildman–Crippen MR) is 83.0 cm³/mol. The lowest BCUT2D eigenvalue weighted by Gasteiger charge is -2.07. The third-order valence-electron chi connectivity index (χ3n) is 3.43. The molecule has 3 nitrogen and oxygen atoms in total. The fraction of sp³-hybridized carbons (Fsp3) is 0.278. The van der Waals surface area contributed by atoms with Crippen LogP contribution in [0.5, 0.6) is 11.5 Å². The molecule has 0 aliphatic carbocycles. The maximum absolute atomic E-state index is 12.1. The van der Waals surface area contributed by atoms with Gasteiger partial charge in [0.1, 0.15) is 17.3 Å². The number of ketones is 1. The predicted octanol–water partition coefficient (Wildman–Crippen LogP) is 3.45. The number of rotatable bonds is 7. The second-order valence-electron chi connectivity index (χ2n) is 4.88. The summed E-state index contributed by atoms with van der Waals surface area (Å²) in [5.74, 6) is 1.82. The number of Topliss-reactive ketones (excluding diaryl/α,β-unsaturated/α-hetero) is 1. The minimum absolute atomic E-state index is 0.218. The van der Waals surface area contributed by atoms with Crippen LogP contribution in [0.25, 0.3) is 0 Å². The van der Waals surface area contributed by atoms with Gasteiger partial charge in [-0.3, -0.25) is 4.79 Å². The van der Waals surface area contributed by atoms with Gasteiger partial charge < -0.3 is 9.47 Å². The van der Waals surface area contributed by atoms with E-state index in [9.17, 15) is 4.79 Å². The Morgan fingerprint density at radius 1 is 0.952 bits per heavy atom. The molecule has 110 valence electrons. The highest BCUT2D eigenvalue weighted by atomic mass is 16.5. The molecule has 2 aromatic rings. The highest BCUT2D eigenvalue weighted by Crippen LogP contribution is 2.19. The Morgan fingerprint density at radius 2 is 1.67 bits per heavy atom. The van der Waals surface area contributed by atoms with Crippen molar-refractivity contribution in [3.8, 4) is 11.5 Å². The van der Waals surface area contributed by atoms with Crippen LogP contribution in [0.4, 0.5) is 0 Å². The van der Waals surface area contributed by atoms with Crippen molar-refractivity contribution >= 4 is 5.78 Å². The average Bonchev–Trinajstić information content (AvgIpc) is 2.54. The van der Waals surface area contributed by atoms with E-state index in [0.29, 0.717) is 12.8 Å². The van der Waals surface area contributed by atoms with Crippen molar-refractivity contribution < 1.29 is 14.3 Å². The van der Waals surface area contributed by atoms with E-state index in [1.807, 2.05) is 48.5 Å². The first-order valence-corrected chi connectivity index (χ1v) is 6.99. The van der Waals surface area contributed by atoms with E-state index in [-0.39, 0.29) is 5.78 Å². The van der Waals surface area contributed by atoms with E-state index in [2.05, 4.69) is 0 Å². The Bertz CT molecular complexity index is 588. The van der Waals surface area contributed by atoms with E-state index in [0.717, 1.165) is 29.0 Å². The van der Waals surface area contributed by atoms with Crippen LogP contribution in [-0.2, 0) is 17.6 Å². The van der Waals surface area contributed by atoms with E-state index in [1.165, 1.54) is 0 Å². The fourth-order valence-corrected chi connectivity index (χ4v) is 2.23. The molecule has 0 heterocycles. The van der Waals surface area contributed by atoms with Crippen molar-refractivity contribution in [1.29, 1.82) is 0 Å². The van der Waals surface area contributed by atoms with Gasteiger partial charge in [0, 0.05) is 18.4 Å². The number of ether oxygens (including phenoxy) is 2. The maximum Gasteiger partial charge on any atom is 0.137 e. The van der Waals surface area contributed by atoms with E-state index < -0.39 is 0 Å². The van der Waals surface area contributed by atoms with Crippen molar-refractivity contribution in [1.82, 2.24) is 0 Å². The smallest absolute Gasteiger partial charge is 0.137 e. The molecule has 0 bridgehead atoms. The highest BCUT2D eigenvalue weighted by Gasteiger charge is 2.08. The molecule has 0 spiro atoms. The zero-order valence-electron chi connectivity index (χ0n) is 12.5. The van der Waals surface area contributed by atoms with Gasteiger partial charge in [0.15, 0.2) is 0 Å². The summed E-state index contributed by atoms with van der Waals surface area (Å²) < 4.78 is 10.4. The van der Waals surface area contributed by atoms with Crippen LogP contribution in [0, 0.1) is 0 Å². The zero-order chi connectivity index (χ0) is 15.1. The Kier molecular flexibility index (Phi) is 5.38. The monoisotopic (exact) mass is 284 g/mol. The van der Waals surface area contributed by atoms with Crippen LogP contribution in [0.15, 0.2) is 48.5 Å². The lowest BCUT2D eigenvalue weighted by Crippen LogP contribution is -2.05. The molecule has 0 unspecified atom stereocenters. The molecule has 0 saturated heterocycles. The van der Waals surface area contributed by atoms with Gasteiger partial charge in [0.05, 0.1) is 14.2 Å². The SMILES string of the molecule is COc1ccc(CCC(=O)Cc2ccccc2OC)cc1. The molecule has 0 radical (unpaired) electrons. The molecule has 0 amide bonds. The summed E-state index contributed by atoms with van der Waals surface area (Å²) in [6.45, 7) is 0. The summed E-state index contributed by atoms with van der Waals surface area (Å²) in [7, 11) is 3.27. The first kappa shape index (κ1) is 15.1. The summed E-state index contributed by atoms with van der Waals surface area (Å²) in [6.07, 6.45) is 1.70. The van der Waals surface area contributed by atoms with Gasteiger partial charge in [0.2, 0.25) is 0 Å². The van der Waals surface area contributed by atoms with Gasteiger partial charge in [-0.15, -0.1) is 0 Å². The van der Waals surface area contributed by atoms with E-state index >= 15 is 0 Å². The Hall–Kier alpha value is -2.29. The molecule has 0 atom stereocenters. The van der Waals surface area contributed by atoms with E-state index in [1.54, 1.807) is 14.2 Å². The summed E-state index contributed by atoms with van der Waals surface area (Å²) in [4.78, 5) is 12.1. The number of methoxy groups -OCH3 is 2. The molecule has 0 aromatic heterocycles. The van der Waals surface area contributed by atoms with Crippen LogP contribution in [0.1, 0.15) is 17.5 Å². The van der Waals surface area contributed by atoms with Gasteiger partial charge >= 0.3 is 0 Å². The number of para-hydroxylation sites is 1. The topological polar surface area (TPSA) is 35.5 Å². The zero-order valence-corrected chi connectivity index (χ0v) is 12.5. The fourth-order valence-electron chi connectivity index (χ4n) is 2.23. The molecule has 0 N–H and O–H groups in total. The lowest BCUT2D eigenvalue weighted by atomic mass is 10.0. The Balaban J connectivity index is 1.89. The van der Waals surface area contributed by atoms with Crippen LogP contribution in [-0.4, -0.2) is 20.0 Å². The van der Waals surface area contributed by atoms with Crippen molar-refractivity contribution in [2.24, 2.45) is 0 Å². The number of benzene rings is 2. The van der Waals surface area contributed by atoms with Crippen LogP contribution >= 0.6 is 0 Å². The highest BCUT2D eigenvalue weighted by molar-refractivity contribution is 5.81. The number of aryl methyl sites for hydroxylation is 1. The van der Waals surface area contributed by atoms with Gasteiger partial charge in [-0.1, -0.05) is 30.3 Å². The average molecular weight is 284 g/mol. The lowest BCUT2D eigenvalue weighted by molar-refractivity contribution is -0.118. The molecule has 2 rings (SSSR count). The van der Waals surface area contributed by atoms with Gasteiger partial charge in [0.25, 0.3) is 0 Å². The number of carbonyl (C=O) groups is 1. The molecule has 0 fully saturated rings. The van der Waals surface area contributed by atoms with Crippen molar-refractivity contribution in [3.63, 3.8) is 0 Å². The minimum atomic E-state index is 0.218. The molecule has 0 aliphatic rings. The van der Waals surface area contributed by atoms with Crippen molar-refractivity contribution in [2.75, 3.05) is 14.2 Å². The first-order valence-electron chi connectivity index (χ1n) is 6.99. The van der Waals surface area contributed by atoms with Crippen LogP contribution in [0.3, 0.4) is 0 Å². The summed E-state index contributed by atoms with van der Waals surface area (Å²) in [5, 5.41) is 0. The Labute approximate surface area is 125 Å². The third kappa shape index (κ3) is 4.35. The number of hydrogen-bond acceptors (Lipinski definition) is 3. The van der Waals surface area contributed by atoms with Crippen molar-refractivity contribution in [3.05, 3.63) is 59.7 Å². The minimum Gasteiger partial charge on any atom is -0.497 e. The van der Waals surface area contributed by atoms with Crippen LogP contribution < -0.4 is 9.47 Å². The number of carbonyl (C=O) groups excluding carboxylic acids is 1. The first-order chi connectivity index (χ1) is 10.2. The molecule has 3 heteroatoms. The second kappa shape index (κ2) is 7.48. The largest absolute Gasteiger partial charge is 0.497 e. The molecule has 2 aromatic carbocycles. The quantitative estimate of drug-likeness (QED) is 0.781. The van der Waals surface area contributed by atoms with Crippen LogP contribution in [0.2, 0.25) is 0 Å². The third-order valence-corrected chi connectivity index (χ3v) is 3.43. The maximum atomic E-state index is 12.1. The second-order valence-corrected chi connectivity index (χ2v) is 4.88.